The molecule has 0 radical (unpaired) electrons. The molecule has 1 aliphatic rings. The van der Waals surface area contributed by atoms with Gasteiger partial charge in [0.2, 0.25) is 10.0 Å². The van der Waals surface area contributed by atoms with Crippen LogP contribution >= 0.6 is 0 Å². The van der Waals surface area contributed by atoms with E-state index in [-0.39, 0.29) is 6.04 Å². The quantitative estimate of drug-likeness (QED) is 0.891. The van der Waals surface area contributed by atoms with E-state index in [0.29, 0.717) is 10.8 Å². The number of nitrogens with zero attached hydrogens (tertiary/aromatic N) is 2. The molecule has 1 heterocycles. The van der Waals surface area contributed by atoms with Crippen LogP contribution < -0.4 is 5.73 Å². The molecule has 0 bridgehead atoms. The predicted molar refractivity (Wildman–Crippen MR) is 89.0 cm³/mol. The lowest BCUT2D eigenvalue weighted by atomic mass is 9.92. The van der Waals surface area contributed by atoms with Gasteiger partial charge in [-0.25, -0.2) is 12.7 Å². The Balaban J connectivity index is 2.11. The van der Waals surface area contributed by atoms with Crippen LogP contribution in [0.3, 0.4) is 0 Å². The number of hydrogen-bond donors (Lipinski definition) is 1. The Morgan fingerprint density at radius 3 is 2.77 bits per heavy atom. The number of rotatable bonds is 5. The summed E-state index contributed by atoms with van der Waals surface area (Å²) >= 11 is 0. The number of benzene rings is 1. The molecule has 124 valence electrons. The van der Waals surface area contributed by atoms with E-state index in [2.05, 4.69) is 11.8 Å². The molecule has 1 fully saturated rings. The van der Waals surface area contributed by atoms with E-state index in [4.69, 9.17) is 5.73 Å². The van der Waals surface area contributed by atoms with Crippen molar-refractivity contribution in [2.24, 2.45) is 11.7 Å². The van der Waals surface area contributed by atoms with E-state index < -0.39 is 10.0 Å². The third-order valence-corrected chi connectivity index (χ3v) is 6.18. The van der Waals surface area contributed by atoms with Gasteiger partial charge in [-0.05, 0) is 49.9 Å². The van der Waals surface area contributed by atoms with Crippen LogP contribution in [0, 0.1) is 5.92 Å². The van der Waals surface area contributed by atoms with E-state index in [0.717, 1.165) is 31.6 Å². The van der Waals surface area contributed by atoms with Crippen LogP contribution in [0.4, 0.5) is 0 Å². The van der Waals surface area contributed by atoms with Gasteiger partial charge in [0, 0.05) is 33.2 Å². The molecule has 0 amide bonds. The number of hydrogen-bond acceptors (Lipinski definition) is 4. The van der Waals surface area contributed by atoms with Crippen molar-refractivity contribution in [2.75, 3.05) is 27.2 Å². The minimum atomic E-state index is -3.37. The van der Waals surface area contributed by atoms with Crippen molar-refractivity contribution in [1.29, 1.82) is 0 Å². The molecule has 6 heteroatoms. The molecule has 0 aromatic heterocycles. The summed E-state index contributed by atoms with van der Waals surface area (Å²) in [5.41, 5.74) is 7.06. The van der Waals surface area contributed by atoms with Crippen LogP contribution in [-0.4, -0.2) is 50.8 Å². The molecule has 22 heavy (non-hydrogen) atoms. The highest BCUT2D eigenvalue weighted by atomic mass is 32.2. The maximum atomic E-state index is 12.2. The van der Waals surface area contributed by atoms with Crippen LogP contribution in [0.1, 0.15) is 25.3 Å². The van der Waals surface area contributed by atoms with Crippen LogP contribution in [0.5, 0.6) is 0 Å². The summed E-state index contributed by atoms with van der Waals surface area (Å²) < 4.78 is 25.7. The van der Waals surface area contributed by atoms with E-state index in [9.17, 15) is 8.42 Å². The van der Waals surface area contributed by atoms with E-state index in [1.165, 1.54) is 10.7 Å². The van der Waals surface area contributed by atoms with Gasteiger partial charge in [-0.3, -0.25) is 4.90 Å². The largest absolute Gasteiger partial charge is 0.328 e. The molecule has 0 spiro atoms. The number of piperidine rings is 1. The summed E-state index contributed by atoms with van der Waals surface area (Å²) in [5.74, 6) is 0.530. The Labute approximate surface area is 134 Å². The fourth-order valence-corrected chi connectivity index (χ4v) is 3.91. The monoisotopic (exact) mass is 325 g/mol. The molecule has 2 rings (SSSR count). The molecule has 2 N–H and O–H groups in total. The van der Waals surface area contributed by atoms with Crippen molar-refractivity contribution < 1.29 is 8.42 Å². The Morgan fingerprint density at radius 1 is 1.41 bits per heavy atom. The molecule has 2 unspecified atom stereocenters. The first-order valence-corrected chi connectivity index (χ1v) is 9.24. The molecule has 2 atom stereocenters. The summed E-state index contributed by atoms with van der Waals surface area (Å²) in [7, 11) is -0.259. The second-order valence-corrected chi connectivity index (χ2v) is 8.58. The van der Waals surface area contributed by atoms with Crippen molar-refractivity contribution in [3.63, 3.8) is 0 Å². The second kappa shape index (κ2) is 7.08. The van der Waals surface area contributed by atoms with E-state index in [1.54, 1.807) is 26.2 Å². The average Bonchev–Trinajstić information content (AvgIpc) is 2.47. The zero-order chi connectivity index (χ0) is 16.3. The van der Waals surface area contributed by atoms with Gasteiger partial charge in [-0.2, -0.15) is 0 Å². The molecule has 0 aliphatic carbocycles. The van der Waals surface area contributed by atoms with Crippen molar-refractivity contribution in [3.05, 3.63) is 29.8 Å². The second-order valence-electron chi connectivity index (χ2n) is 6.43. The lowest BCUT2D eigenvalue weighted by Gasteiger charge is -2.34. The highest BCUT2D eigenvalue weighted by Crippen LogP contribution is 2.22. The maximum Gasteiger partial charge on any atom is 0.242 e. The molecular formula is C16H27N3O2S. The van der Waals surface area contributed by atoms with Gasteiger partial charge in [-0.1, -0.05) is 12.1 Å². The highest BCUT2D eigenvalue weighted by Gasteiger charge is 2.23. The first-order chi connectivity index (χ1) is 10.3. The standard InChI is InChI=1S/C16H27N3O2S/c1-13(17)15-7-5-9-19(12-15)11-14-6-4-8-16(10-14)22(20,21)18(2)3/h4,6,8,10,13,15H,5,7,9,11-12,17H2,1-3H3. The fraction of sp³-hybridized carbons (Fsp3) is 0.625. The predicted octanol–water partition coefficient (Wildman–Crippen LogP) is 1.50. The first kappa shape index (κ1) is 17.4. The number of nitrogens with two attached hydrogens (primary N) is 1. The van der Waals surface area contributed by atoms with Crippen molar-refractivity contribution in [1.82, 2.24) is 9.21 Å². The SMILES string of the molecule is CC(N)C1CCCN(Cc2cccc(S(=O)(=O)N(C)C)c2)C1. The third kappa shape index (κ3) is 4.07. The summed E-state index contributed by atoms with van der Waals surface area (Å²) in [4.78, 5) is 2.73. The molecule has 0 saturated carbocycles. The Bertz CT molecular complexity index is 599. The number of sulfonamides is 1. The van der Waals surface area contributed by atoms with Gasteiger partial charge in [0.15, 0.2) is 0 Å². The summed E-state index contributed by atoms with van der Waals surface area (Å²) in [6, 6.07) is 7.45. The molecular weight excluding hydrogens is 298 g/mol. The van der Waals surface area contributed by atoms with Crippen molar-refractivity contribution >= 4 is 10.0 Å². The van der Waals surface area contributed by atoms with Crippen LogP contribution in [0.25, 0.3) is 0 Å². The minimum absolute atomic E-state index is 0.211. The normalized spacial score (nSPS) is 22.0. The number of likely N-dealkylation sites (tertiary alicyclic amines) is 1. The maximum absolute atomic E-state index is 12.2. The minimum Gasteiger partial charge on any atom is -0.328 e. The van der Waals surface area contributed by atoms with E-state index in [1.807, 2.05) is 12.1 Å². The van der Waals surface area contributed by atoms with Crippen LogP contribution in [0.15, 0.2) is 29.2 Å². The molecule has 5 nitrogen and oxygen atoms in total. The first-order valence-electron chi connectivity index (χ1n) is 7.80. The van der Waals surface area contributed by atoms with Gasteiger partial charge in [0.1, 0.15) is 0 Å². The fourth-order valence-electron chi connectivity index (χ4n) is 2.94. The molecule has 1 aromatic rings. The summed E-state index contributed by atoms with van der Waals surface area (Å²) in [6.07, 6.45) is 2.34. The smallest absolute Gasteiger partial charge is 0.242 e. The zero-order valence-electron chi connectivity index (χ0n) is 13.7. The Hall–Kier alpha value is -0.950. The molecule has 1 saturated heterocycles. The zero-order valence-corrected chi connectivity index (χ0v) is 14.5. The van der Waals surface area contributed by atoms with Gasteiger partial charge in [-0.15, -0.1) is 0 Å². The van der Waals surface area contributed by atoms with Crippen molar-refractivity contribution in [3.8, 4) is 0 Å². The van der Waals surface area contributed by atoms with E-state index >= 15 is 0 Å². The van der Waals surface area contributed by atoms with Gasteiger partial charge >= 0.3 is 0 Å². The Morgan fingerprint density at radius 2 is 2.14 bits per heavy atom. The van der Waals surface area contributed by atoms with Gasteiger partial charge in [0.05, 0.1) is 4.90 Å². The average molecular weight is 325 g/mol. The van der Waals surface area contributed by atoms with Crippen LogP contribution in [-0.2, 0) is 16.6 Å². The summed E-state index contributed by atoms with van der Waals surface area (Å²) in [6.45, 7) is 4.88. The van der Waals surface area contributed by atoms with Gasteiger partial charge in [0.25, 0.3) is 0 Å². The third-order valence-electron chi connectivity index (χ3n) is 4.37. The lowest BCUT2D eigenvalue weighted by Crippen LogP contribution is -2.41. The van der Waals surface area contributed by atoms with Gasteiger partial charge < -0.3 is 5.73 Å². The molecule has 1 aromatic carbocycles. The molecule has 1 aliphatic heterocycles. The topological polar surface area (TPSA) is 66.6 Å². The van der Waals surface area contributed by atoms with Crippen molar-refractivity contribution in [2.45, 2.75) is 37.2 Å². The summed E-state index contributed by atoms with van der Waals surface area (Å²) in [5, 5.41) is 0. The Kier molecular flexibility index (Phi) is 5.60. The highest BCUT2D eigenvalue weighted by molar-refractivity contribution is 7.89. The van der Waals surface area contributed by atoms with Crippen LogP contribution in [0.2, 0.25) is 0 Å². The lowest BCUT2D eigenvalue weighted by molar-refractivity contribution is 0.154.